The zero-order valence-electron chi connectivity index (χ0n) is 40.7. The van der Waals surface area contributed by atoms with Crippen LogP contribution in [-0.4, -0.2) is 70.7 Å². The van der Waals surface area contributed by atoms with Crippen LogP contribution in [0.4, 0.5) is 0 Å². The summed E-state index contributed by atoms with van der Waals surface area (Å²) in [5.41, 5.74) is 0. The monoisotopic (exact) mass is 872 g/mol. The lowest BCUT2D eigenvalue weighted by Crippen LogP contribution is -2.37. The average molecular weight is 872 g/mol. The van der Waals surface area contributed by atoms with Crippen LogP contribution >= 0.6 is 7.82 Å². The summed E-state index contributed by atoms with van der Waals surface area (Å²) in [5.74, 6) is -0.339. The number of hydrogen-bond acceptors (Lipinski definition) is 7. The van der Waals surface area contributed by atoms with E-state index in [-0.39, 0.29) is 25.8 Å². The van der Waals surface area contributed by atoms with Crippen molar-refractivity contribution in [1.82, 2.24) is 0 Å². The highest BCUT2D eigenvalue weighted by Gasteiger charge is 2.20. The van der Waals surface area contributed by atoms with Crippen molar-refractivity contribution in [2.24, 2.45) is 0 Å². The van der Waals surface area contributed by atoms with E-state index in [0.29, 0.717) is 24.1 Å². The first-order valence-corrected chi connectivity index (χ1v) is 27.4. The molecule has 0 saturated carbocycles. The van der Waals surface area contributed by atoms with Crippen LogP contribution in [0.2, 0.25) is 0 Å². The molecule has 0 radical (unpaired) electrons. The fourth-order valence-electron chi connectivity index (χ4n) is 7.54. The van der Waals surface area contributed by atoms with Crippen LogP contribution in [0.1, 0.15) is 251 Å². The van der Waals surface area contributed by atoms with Gasteiger partial charge in [0.1, 0.15) is 19.3 Å². The minimum Gasteiger partial charge on any atom is -0.756 e. The molecule has 0 aromatic carbocycles. The maximum absolute atomic E-state index is 12.7. The summed E-state index contributed by atoms with van der Waals surface area (Å²) in [5, 5.41) is 0. The van der Waals surface area contributed by atoms with Crippen molar-refractivity contribution < 1.29 is 37.3 Å². The van der Waals surface area contributed by atoms with Crippen LogP contribution in [0, 0.1) is 0 Å². The number of allylic oxidation sites excluding steroid dienone is 2. The number of quaternary nitrogens is 1. The zero-order chi connectivity index (χ0) is 44.1. The second-order valence-electron chi connectivity index (χ2n) is 18.9. The third kappa shape index (κ3) is 48.3. The molecule has 0 aliphatic heterocycles. The van der Waals surface area contributed by atoms with Crippen molar-refractivity contribution in [2.75, 3.05) is 54.1 Å². The number of rotatable bonds is 49. The second kappa shape index (κ2) is 44.8. The third-order valence-corrected chi connectivity index (χ3v) is 12.5. The molecule has 0 bridgehead atoms. The molecule has 0 aromatic rings. The summed E-state index contributed by atoms with van der Waals surface area (Å²) in [7, 11) is 1.37. The predicted octanol–water partition coefficient (Wildman–Crippen LogP) is 15.2. The van der Waals surface area contributed by atoms with Gasteiger partial charge in [-0.25, -0.2) is 0 Å². The molecule has 2 unspecified atom stereocenters. The Morgan fingerprint density at radius 2 is 0.867 bits per heavy atom. The Hall–Kier alpha value is -0.760. The van der Waals surface area contributed by atoms with E-state index in [2.05, 4.69) is 26.0 Å². The molecule has 0 amide bonds. The Bertz CT molecular complexity index is 972. The Morgan fingerprint density at radius 3 is 1.30 bits per heavy atom. The molecule has 60 heavy (non-hydrogen) atoms. The van der Waals surface area contributed by atoms with E-state index in [1.807, 2.05) is 21.1 Å². The smallest absolute Gasteiger partial charge is 0.306 e. The largest absolute Gasteiger partial charge is 0.756 e. The van der Waals surface area contributed by atoms with Gasteiger partial charge in [-0.05, 0) is 38.5 Å². The molecular weight excluding hydrogens is 770 g/mol. The van der Waals surface area contributed by atoms with E-state index >= 15 is 0 Å². The number of carbonyl (C=O) groups excluding carboxylic acids is 1. The number of nitrogens with zero attached hydrogens (tertiary/aromatic N) is 1. The fourth-order valence-corrected chi connectivity index (χ4v) is 8.27. The third-order valence-electron chi connectivity index (χ3n) is 11.6. The summed E-state index contributed by atoms with van der Waals surface area (Å²) < 4.78 is 34.7. The van der Waals surface area contributed by atoms with Gasteiger partial charge >= 0.3 is 5.97 Å². The molecule has 0 saturated heterocycles. The first-order valence-electron chi connectivity index (χ1n) is 25.9. The van der Waals surface area contributed by atoms with Crippen LogP contribution in [-0.2, 0) is 27.9 Å². The number of ether oxygens (including phenoxy) is 2. The molecule has 2 atom stereocenters. The first-order chi connectivity index (χ1) is 29.1. The lowest BCUT2D eigenvalue weighted by atomic mass is 10.0. The van der Waals surface area contributed by atoms with E-state index in [9.17, 15) is 14.3 Å². The maximum Gasteiger partial charge on any atom is 0.306 e. The second-order valence-corrected chi connectivity index (χ2v) is 20.3. The normalized spacial score (nSPS) is 13.6. The fraction of sp³-hybridized carbons (Fsp3) is 0.941. The SMILES string of the molecule is CCCCC/C=C\CCCCCCCC(=O)OC(COCCCCCCCCCCCCCCCCCCCCCCCCCCCC)COP(=O)([O-])OCC[N+](C)(C)C. The summed E-state index contributed by atoms with van der Waals surface area (Å²) in [6.45, 7) is 5.43. The molecule has 358 valence electrons. The molecule has 0 aliphatic carbocycles. The van der Waals surface area contributed by atoms with Crippen molar-refractivity contribution in [3.8, 4) is 0 Å². The van der Waals surface area contributed by atoms with E-state index in [1.54, 1.807) is 0 Å². The van der Waals surface area contributed by atoms with Gasteiger partial charge in [0.2, 0.25) is 0 Å². The highest BCUT2D eigenvalue weighted by atomic mass is 31.2. The van der Waals surface area contributed by atoms with E-state index in [1.165, 1.54) is 186 Å². The highest BCUT2D eigenvalue weighted by molar-refractivity contribution is 7.45. The topological polar surface area (TPSA) is 94.1 Å². The van der Waals surface area contributed by atoms with Gasteiger partial charge in [-0.15, -0.1) is 0 Å². The van der Waals surface area contributed by atoms with E-state index < -0.39 is 13.9 Å². The predicted molar refractivity (Wildman–Crippen MR) is 254 cm³/mol. The van der Waals surface area contributed by atoms with Gasteiger partial charge in [0, 0.05) is 13.0 Å². The first kappa shape index (κ1) is 59.2. The molecule has 9 heteroatoms. The minimum absolute atomic E-state index is 0.0279. The lowest BCUT2D eigenvalue weighted by molar-refractivity contribution is -0.870. The van der Waals surface area contributed by atoms with Gasteiger partial charge in [-0.2, -0.15) is 0 Å². The van der Waals surface area contributed by atoms with Crippen molar-refractivity contribution in [2.45, 2.75) is 258 Å². The standard InChI is InChI=1S/C51H102NO7P/c1-6-8-10-12-14-16-18-20-21-22-23-24-25-26-27-28-29-30-31-32-33-35-37-39-41-43-46-56-48-50(49-58-60(54,55)57-47-45-52(3,4)5)59-51(53)44-42-40-38-36-34-19-17-15-13-11-9-7-2/h15,17,50H,6-14,16,18-49H2,1-5H3/b17-15-. The minimum atomic E-state index is -4.52. The average Bonchev–Trinajstić information content (AvgIpc) is 3.20. The van der Waals surface area contributed by atoms with E-state index in [0.717, 1.165) is 44.9 Å². The number of esters is 1. The molecule has 0 heterocycles. The molecule has 8 nitrogen and oxygen atoms in total. The number of unbranched alkanes of at least 4 members (excludes halogenated alkanes) is 33. The molecule has 0 aliphatic rings. The Morgan fingerprint density at radius 1 is 0.500 bits per heavy atom. The van der Waals surface area contributed by atoms with Crippen molar-refractivity contribution in [3.05, 3.63) is 12.2 Å². The van der Waals surface area contributed by atoms with Gasteiger partial charge in [-0.1, -0.05) is 219 Å². The molecular formula is C51H102NO7P. The van der Waals surface area contributed by atoms with Crippen molar-refractivity contribution in [1.29, 1.82) is 0 Å². The van der Waals surface area contributed by atoms with Crippen LogP contribution in [0.25, 0.3) is 0 Å². The van der Waals surface area contributed by atoms with Crippen LogP contribution in [0.15, 0.2) is 12.2 Å². The number of likely N-dealkylation sites (N-methyl/N-ethyl adjacent to an activating group) is 1. The molecule has 0 fully saturated rings. The van der Waals surface area contributed by atoms with Crippen molar-refractivity contribution in [3.63, 3.8) is 0 Å². The Kier molecular flexibility index (Phi) is 44.3. The van der Waals surface area contributed by atoms with Gasteiger partial charge in [-0.3, -0.25) is 9.36 Å². The van der Waals surface area contributed by atoms with Crippen molar-refractivity contribution >= 4 is 13.8 Å². The number of phosphoric acid groups is 1. The zero-order valence-corrected chi connectivity index (χ0v) is 41.6. The summed E-state index contributed by atoms with van der Waals surface area (Å²) in [6, 6.07) is 0. The van der Waals surface area contributed by atoms with Gasteiger partial charge in [0.15, 0.2) is 0 Å². The molecule has 0 spiro atoms. The molecule has 0 rings (SSSR count). The summed E-state index contributed by atoms with van der Waals surface area (Å²) in [6.07, 6.45) is 51.1. The van der Waals surface area contributed by atoms with E-state index in [4.69, 9.17) is 18.5 Å². The van der Waals surface area contributed by atoms with Crippen LogP contribution in [0.3, 0.4) is 0 Å². The van der Waals surface area contributed by atoms with Gasteiger partial charge in [0.25, 0.3) is 7.82 Å². The summed E-state index contributed by atoms with van der Waals surface area (Å²) in [4.78, 5) is 25.1. The van der Waals surface area contributed by atoms with Gasteiger partial charge in [0.05, 0.1) is 34.4 Å². The maximum atomic E-state index is 12.7. The number of carbonyl (C=O) groups is 1. The Balaban J connectivity index is 3.97. The number of hydrogen-bond donors (Lipinski definition) is 0. The number of phosphoric ester groups is 1. The van der Waals surface area contributed by atoms with Crippen LogP contribution < -0.4 is 4.89 Å². The molecule has 0 N–H and O–H groups in total. The van der Waals surface area contributed by atoms with Crippen LogP contribution in [0.5, 0.6) is 0 Å². The van der Waals surface area contributed by atoms with Gasteiger partial charge < -0.3 is 27.9 Å². The quantitative estimate of drug-likeness (QED) is 0.0198. The molecule has 0 aromatic heterocycles. The lowest BCUT2D eigenvalue weighted by Gasteiger charge is -2.28. The Labute approximate surface area is 373 Å². The summed E-state index contributed by atoms with van der Waals surface area (Å²) >= 11 is 0. The highest BCUT2D eigenvalue weighted by Crippen LogP contribution is 2.38.